The van der Waals surface area contributed by atoms with E-state index in [2.05, 4.69) is 62.9 Å². The fourth-order valence-corrected chi connectivity index (χ4v) is 3.18. The molecule has 0 aliphatic rings. The van der Waals surface area contributed by atoms with Gasteiger partial charge in [-0.15, -0.1) is 0 Å². The lowest BCUT2D eigenvalue weighted by Gasteiger charge is -2.19. The van der Waals surface area contributed by atoms with E-state index in [1.165, 1.54) is 22.9 Å². The molecule has 27 heavy (non-hydrogen) atoms. The minimum absolute atomic E-state index is 0.248. The zero-order chi connectivity index (χ0) is 20.1. The molecule has 2 heterocycles. The van der Waals surface area contributed by atoms with Crippen molar-refractivity contribution in [2.24, 2.45) is 14.1 Å². The highest BCUT2D eigenvalue weighted by Gasteiger charge is 2.10. The van der Waals surface area contributed by atoms with Crippen molar-refractivity contribution >= 4 is 17.0 Å². The second kappa shape index (κ2) is 13.3. The molecule has 0 aliphatic heterocycles. The maximum Gasteiger partial charge on any atom is 0.281 e. The fourth-order valence-electron chi connectivity index (χ4n) is 2.40. The number of rotatable bonds is 7. The molecule has 0 unspecified atom stereocenters. The molecule has 0 aliphatic carbocycles. The molecular formula is C22H35N3OS+2. The number of nitrogens with zero attached hydrogens (tertiary/aromatic N) is 3. The number of thioether (sulfide) groups is 1. The Hall–Kier alpha value is -1.88. The van der Waals surface area contributed by atoms with Crippen molar-refractivity contribution in [3.8, 4) is 11.1 Å². The first-order chi connectivity index (χ1) is 13.0. The van der Waals surface area contributed by atoms with Gasteiger partial charge in [0.15, 0.2) is 24.8 Å². The summed E-state index contributed by atoms with van der Waals surface area (Å²) in [5.74, 6) is 0.946. The van der Waals surface area contributed by atoms with Gasteiger partial charge >= 0.3 is 0 Å². The molecule has 2 aromatic rings. The van der Waals surface area contributed by atoms with E-state index in [9.17, 15) is 4.79 Å². The Labute approximate surface area is 169 Å². The summed E-state index contributed by atoms with van der Waals surface area (Å²) in [4.78, 5) is 13.5. The van der Waals surface area contributed by atoms with Gasteiger partial charge in [-0.05, 0) is 30.9 Å². The molecular weight excluding hydrogens is 354 g/mol. The number of carbonyl (C=O) groups is 1. The maximum atomic E-state index is 11.5. The zero-order valence-corrected chi connectivity index (χ0v) is 18.3. The van der Waals surface area contributed by atoms with Crippen LogP contribution in [0.25, 0.3) is 11.1 Å². The van der Waals surface area contributed by atoms with Crippen LogP contribution in [-0.4, -0.2) is 29.0 Å². The van der Waals surface area contributed by atoms with Gasteiger partial charge in [-0.2, -0.15) is 0 Å². The molecule has 0 aromatic carbocycles. The van der Waals surface area contributed by atoms with Crippen LogP contribution in [0.1, 0.15) is 40.0 Å². The Morgan fingerprint density at radius 1 is 0.889 bits per heavy atom. The molecule has 0 spiro atoms. The first-order valence-electron chi connectivity index (χ1n) is 9.84. The topological polar surface area (TPSA) is 28.1 Å². The molecule has 1 amide bonds. The highest BCUT2D eigenvalue weighted by atomic mass is 32.2. The third-order valence-corrected chi connectivity index (χ3v) is 5.26. The van der Waals surface area contributed by atoms with Crippen molar-refractivity contribution in [1.82, 2.24) is 4.90 Å². The second-order valence-electron chi connectivity index (χ2n) is 6.55. The van der Waals surface area contributed by atoms with Gasteiger partial charge in [0.05, 0.1) is 0 Å². The summed E-state index contributed by atoms with van der Waals surface area (Å²) < 4.78 is 4.07. The SMILES string of the molecule is CCCCN(CC)C(=O)SCCC.C[n+]1ccc(-c2cc[n+](C)cc2)cc1. The van der Waals surface area contributed by atoms with Crippen LogP contribution in [-0.2, 0) is 14.1 Å². The summed E-state index contributed by atoms with van der Waals surface area (Å²) in [6.45, 7) is 8.05. The molecule has 5 heteroatoms. The number of amides is 1. The number of hydrogen-bond acceptors (Lipinski definition) is 2. The van der Waals surface area contributed by atoms with Gasteiger partial charge < -0.3 is 4.90 Å². The number of pyridine rings is 2. The summed E-state index contributed by atoms with van der Waals surface area (Å²) in [5, 5.41) is 0.248. The smallest absolute Gasteiger partial charge is 0.281 e. The van der Waals surface area contributed by atoms with Gasteiger partial charge in [0.1, 0.15) is 14.1 Å². The van der Waals surface area contributed by atoms with E-state index in [0.29, 0.717) is 0 Å². The van der Waals surface area contributed by atoms with Gasteiger partial charge in [0.2, 0.25) is 0 Å². The molecule has 2 rings (SSSR count). The van der Waals surface area contributed by atoms with Crippen molar-refractivity contribution < 1.29 is 13.9 Å². The summed E-state index contributed by atoms with van der Waals surface area (Å²) in [5.41, 5.74) is 2.51. The van der Waals surface area contributed by atoms with E-state index < -0.39 is 0 Å². The van der Waals surface area contributed by atoms with E-state index in [4.69, 9.17) is 0 Å². The van der Waals surface area contributed by atoms with Crippen LogP contribution in [0.4, 0.5) is 4.79 Å². The highest BCUT2D eigenvalue weighted by Crippen LogP contribution is 2.15. The zero-order valence-electron chi connectivity index (χ0n) is 17.5. The van der Waals surface area contributed by atoms with Crippen molar-refractivity contribution in [1.29, 1.82) is 0 Å². The van der Waals surface area contributed by atoms with Crippen LogP contribution in [0.5, 0.6) is 0 Å². The van der Waals surface area contributed by atoms with Crippen molar-refractivity contribution in [3.05, 3.63) is 49.1 Å². The fraction of sp³-hybridized carbons (Fsp3) is 0.500. The Kier molecular flexibility index (Phi) is 11.4. The molecule has 0 fully saturated rings. The van der Waals surface area contributed by atoms with Crippen LogP contribution in [0.3, 0.4) is 0 Å². The molecule has 0 saturated heterocycles. The number of aromatic nitrogens is 2. The third kappa shape index (κ3) is 9.05. The van der Waals surface area contributed by atoms with E-state index in [1.807, 2.05) is 35.1 Å². The molecule has 2 aromatic heterocycles. The molecule has 0 radical (unpaired) electrons. The summed E-state index contributed by atoms with van der Waals surface area (Å²) >= 11 is 1.45. The predicted octanol–water partition coefficient (Wildman–Crippen LogP) is 4.37. The van der Waals surface area contributed by atoms with Crippen LogP contribution in [0.2, 0.25) is 0 Å². The van der Waals surface area contributed by atoms with E-state index >= 15 is 0 Å². The minimum atomic E-state index is 0.248. The molecule has 0 saturated carbocycles. The van der Waals surface area contributed by atoms with Gasteiger partial charge in [-0.3, -0.25) is 4.79 Å². The van der Waals surface area contributed by atoms with Crippen LogP contribution < -0.4 is 9.13 Å². The van der Waals surface area contributed by atoms with Gasteiger partial charge in [-0.25, -0.2) is 9.13 Å². The first kappa shape index (κ1) is 23.2. The predicted molar refractivity (Wildman–Crippen MR) is 115 cm³/mol. The standard InChI is InChI=1S/C12H14N2.C10H21NOS/c1-13-7-3-11(4-8-13)12-5-9-14(2)10-6-12;1-4-7-8-11(6-3)10(12)13-9-5-2/h3-10H,1-2H3;4-9H2,1-3H3/q+2;. The molecule has 0 bridgehead atoms. The number of carbonyl (C=O) groups excluding carboxylic acids is 1. The monoisotopic (exact) mass is 389 g/mol. The molecule has 4 nitrogen and oxygen atoms in total. The third-order valence-electron chi connectivity index (χ3n) is 4.14. The van der Waals surface area contributed by atoms with E-state index in [-0.39, 0.29) is 5.24 Å². The summed E-state index contributed by atoms with van der Waals surface area (Å²) in [7, 11) is 4.05. The maximum absolute atomic E-state index is 11.5. The quantitative estimate of drug-likeness (QED) is 0.658. The highest BCUT2D eigenvalue weighted by molar-refractivity contribution is 8.13. The van der Waals surface area contributed by atoms with Gasteiger partial charge in [0, 0.05) is 43.1 Å². The van der Waals surface area contributed by atoms with Gasteiger partial charge in [-0.1, -0.05) is 32.0 Å². The molecule has 0 atom stereocenters. The van der Waals surface area contributed by atoms with E-state index in [0.717, 1.165) is 38.1 Å². The summed E-state index contributed by atoms with van der Waals surface area (Å²) in [6.07, 6.45) is 11.6. The Morgan fingerprint density at radius 3 is 1.74 bits per heavy atom. The van der Waals surface area contributed by atoms with E-state index in [1.54, 1.807) is 0 Å². The minimum Gasteiger partial charge on any atom is -0.334 e. The molecule has 148 valence electrons. The first-order valence-corrected chi connectivity index (χ1v) is 10.8. The number of aryl methyl sites for hydroxylation is 2. The average Bonchev–Trinajstić information content (AvgIpc) is 2.69. The Bertz CT molecular complexity index is 613. The van der Waals surface area contributed by atoms with Crippen molar-refractivity contribution in [2.75, 3.05) is 18.8 Å². The van der Waals surface area contributed by atoms with Crippen LogP contribution in [0, 0.1) is 0 Å². The lowest BCUT2D eigenvalue weighted by Crippen LogP contribution is -2.28. The van der Waals surface area contributed by atoms with Crippen molar-refractivity contribution in [3.63, 3.8) is 0 Å². The number of hydrogen-bond donors (Lipinski definition) is 0. The van der Waals surface area contributed by atoms with Gasteiger partial charge in [0.25, 0.3) is 5.24 Å². The Balaban J connectivity index is 0.000000271. The Morgan fingerprint density at radius 2 is 1.37 bits per heavy atom. The lowest BCUT2D eigenvalue weighted by atomic mass is 10.1. The number of unbranched alkanes of at least 4 members (excludes halogenated alkanes) is 1. The average molecular weight is 390 g/mol. The van der Waals surface area contributed by atoms with Crippen LogP contribution >= 0.6 is 11.8 Å². The normalized spacial score (nSPS) is 10.1. The second-order valence-corrected chi connectivity index (χ2v) is 7.60. The largest absolute Gasteiger partial charge is 0.334 e. The van der Waals surface area contributed by atoms with Crippen LogP contribution in [0.15, 0.2) is 49.1 Å². The van der Waals surface area contributed by atoms with Crippen molar-refractivity contribution in [2.45, 2.75) is 40.0 Å². The lowest BCUT2D eigenvalue weighted by molar-refractivity contribution is -0.671. The molecule has 0 N–H and O–H groups in total. The summed E-state index contributed by atoms with van der Waals surface area (Å²) in [6, 6.07) is 8.48.